The van der Waals surface area contributed by atoms with E-state index in [9.17, 15) is 14.4 Å². The Kier molecular flexibility index (Phi) is 48.5. The largest absolute Gasteiger partial charge is 0.462 e. The average Bonchev–Trinajstić information content (AvgIpc) is 3.28. The van der Waals surface area contributed by atoms with E-state index in [-0.39, 0.29) is 31.6 Å². The highest BCUT2D eigenvalue weighted by molar-refractivity contribution is 5.71. The number of rotatable bonds is 46. The van der Waals surface area contributed by atoms with E-state index in [0.717, 1.165) is 96.3 Å². The Morgan fingerprint density at radius 3 is 1.11 bits per heavy atom. The van der Waals surface area contributed by atoms with Gasteiger partial charge in [0.2, 0.25) is 0 Å². The molecule has 6 heteroatoms. The lowest BCUT2D eigenvalue weighted by Gasteiger charge is -2.18. The summed E-state index contributed by atoms with van der Waals surface area (Å²) < 4.78 is 16.7. The number of carbonyl (C=O) groups is 3. The van der Waals surface area contributed by atoms with Crippen LogP contribution in [-0.4, -0.2) is 37.2 Å². The predicted molar refractivity (Wildman–Crippen MR) is 270 cm³/mol. The zero-order valence-electron chi connectivity index (χ0n) is 41.1. The first kappa shape index (κ1) is 59.6. The molecule has 360 valence electrons. The van der Waals surface area contributed by atoms with Gasteiger partial charge in [-0.25, -0.2) is 0 Å². The molecule has 0 bridgehead atoms. The lowest BCUT2D eigenvalue weighted by molar-refractivity contribution is -0.166. The fourth-order valence-electron chi connectivity index (χ4n) is 6.96. The van der Waals surface area contributed by atoms with Crippen LogP contribution in [0.2, 0.25) is 0 Å². The first-order valence-corrected chi connectivity index (χ1v) is 26.1. The second-order valence-corrected chi connectivity index (χ2v) is 17.0. The molecule has 0 rings (SSSR count). The van der Waals surface area contributed by atoms with Crippen LogP contribution in [0, 0.1) is 0 Å². The van der Waals surface area contributed by atoms with E-state index in [0.29, 0.717) is 19.3 Å². The first-order chi connectivity index (χ1) is 31.0. The van der Waals surface area contributed by atoms with Crippen molar-refractivity contribution in [3.05, 3.63) is 85.1 Å². The van der Waals surface area contributed by atoms with Crippen molar-refractivity contribution in [1.82, 2.24) is 0 Å². The van der Waals surface area contributed by atoms with Gasteiger partial charge in [-0.3, -0.25) is 14.4 Å². The summed E-state index contributed by atoms with van der Waals surface area (Å²) in [5.74, 6) is -1.01. The van der Waals surface area contributed by atoms with Crippen LogP contribution < -0.4 is 0 Å². The minimum Gasteiger partial charge on any atom is -0.462 e. The van der Waals surface area contributed by atoms with E-state index in [1.165, 1.54) is 96.3 Å². The highest BCUT2D eigenvalue weighted by Gasteiger charge is 2.19. The Balaban J connectivity index is 4.43. The second-order valence-electron chi connectivity index (χ2n) is 17.0. The maximum atomic E-state index is 12.7. The lowest BCUT2D eigenvalue weighted by Crippen LogP contribution is -2.30. The summed E-state index contributed by atoms with van der Waals surface area (Å²) in [6.07, 6.45) is 65.8. The molecule has 6 nitrogen and oxygen atoms in total. The van der Waals surface area contributed by atoms with E-state index in [1.807, 2.05) is 12.2 Å². The minimum absolute atomic E-state index is 0.111. The topological polar surface area (TPSA) is 78.9 Å². The lowest BCUT2D eigenvalue weighted by atomic mass is 10.1. The molecular weight excluding hydrogens is 781 g/mol. The monoisotopic (exact) mass is 877 g/mol. The fourth-order valence-corrected chi connectivity index (χ4v) is 6.96. The third-order valence-electron chi connectivity index (χ3n) is 10.8. The Bertz CT molecular complexity index is 1240. The van der Waals surface area contributed by atoms with Crippen LogP contribution in [0.1, 0.15) is 239 Å². The molecule has 0 saturated carbocycles. The van der Waals surface area contributed by atoms with Crippen molar-refractivity contribution in [3.8, 4) is 0 Å². The van der Waals surface area contributed by atoms with E-state index in [1.54, 1.807) is 0 Å². The molecule has 1 atom stereocenters. The van der Waals surface area contributed by atoms with Crippen molar-refractivity contribution in [2.75, 3.05) is 13.2 Å². The first-order valence-electron chi connectivity index (χ1n) is 26.1. The molecule has 0 spiro atoms. The second kappa shape index (κ2) is 51.2. The maximum absolute atomic E-state index is 12.7. The summed E-state index contributed by atoms with van der Waals surface area (Å²) >= 11 is 0. The predicted octanol–water partition coefficient (Wildman–Crippen LogP) is 17.2. The third-order valence-corrected chi connectivity index (χ3v) is 10.8. The summed E-state index contributed by atoms with van der Waals surface area (Å²) in [6, 6.07) is 0. The maximum Gasteiger partial charge on any atom is 0.306 e. The van der Waals surface area contributed by atoms with Crippen LogP contribution in [0.5, 0.6) is 0 Å². The summed E-state index contributed by atoms with van der Waals surface area (Å²) in [6.45, 7) is 6.38. The molecule has 0 radical (unpaired) electrons. The standard InChI is InChI=1S/C57H96O6/c1-4-7-10-13-16-19-22-25-26-27-28-29-30-33-35-38-41-44-47-50-56(59)62-53-54(63-57(60)51-48-45-42-39-36-32-24-21-18-15-12-9-6-3)52-61-55(58)49-46-43-40-37-34-31-23-20-17-14-11-8-5-2/h9,11-12,14,18,20-21,23,25-26,32,36,42,45,54H,4-8,10,13,15-17,19,22,24,27-31,33-35,37-41,43-44,46-53H2,1-3H3/b12-9-,14-11-,21-18-,23-20-,26-25-,36-32-,45-42-. The van der Waals surface area contributed by atoms with Crippen molar-refractivity contribution in [2.24, 2.45) is 0 Å². The van der Waals surface area contributed by atoms with Gasteiger partial charge in [-0.05, 0) is 96.3 Å². The van der Waals surface area contributed by atoms with Gasteiger partial charge in [0.25, 0.3) is 0 Å². The molecule has 0 aliphatic heterocycles. The Labute approximate surface area is 388 Å². The van der Waals surface area contributed by atoms with Crippen molar-refractivity contribution < 1.29 is 28.6 Å². The Morgan fingerprint density at radius 1 is 0.333 bits per heavy atom. The SMILES string of the molecule is CC/C=C\C/C=C\C/C=C\C/C=C\CCC(=O)OC(COC(=O)CCCCCCC/C=C\C/C=C\CCC)COC(=O)CCCCCCCCCCC/C=C\CCCCCCCC. The van der Waals surface area contributed by atoms with Gasteiger partial charge in [-0.1, -0.05) is 209 Å². The van der Waals surface area contributed by atoms with Gasteiger partial charge in [-0.15, -0.1) is 0 Å². The van der Waals surface area contributed by atoms with Crippen LogP contribution in [0.3, 0.4) is 0 Å². The summed E-state index contributed by atoms with van der Waals surface area (Å²) in [5.41, 5.74) is 0. The number of allylic oxidation sites excluding steroid dienone is 14. The smallest absolute Gasteiger partial charge is 0.306 e. The normalized spacial score (nSPS) is 12.7. The van der Waals surface area contributed by atoms with Gasteiger partial charge in [0.15, 0.2) is 6.10 Å². The van der Waals surface area contributed by atoms with Crippen molar-refractivity contribution in [1.29, 1.82) is 0 Å². The number of hydrogen-bond donors (Lipinski definition) is 0. The van der Waals surface area contributed by atoms with Crippen LogP contribution in [0.25, 0.3) is 0 Å². The molecule has 0 aliphatic rings. The van der Waals surface area contributed by atoms with E-state index >= 15 is 0 Å². The Morgan fingerprint density at radius 2 is 0.683 bits per heavy atom. The quantitative estimate of drug-likeness (QED) is 0.0262. The van der Waals surface area contributed by atoms with Crippen LogP contribution in [0.4, 0.5) is 0 Å². The molecule has 0 saturated heterocycles. The molecule has 0 aromatic carbocycles. The zero-order valence-corrected chi connectivity index (χ0v) is 41.1. The molecule has 0 aromatic rings. The van der Waals surface area contributed by atoms with E-state index in [2.05, 4.69) is 93.7 Å². The number of hydrogen-bond acceptors (Lipinski definition) is 6. The molecule has 0 amide bonds. The fraction of sp³-hybridized carbons (Fsp3) is 0.702. The summed E-state index contributed by atoms with van der Waals surface area (Å²) in [4.78, 5) is 37.9. The van der Waals surface area contributed by atoms with Crippen LogP contribution in [-0.2, 0) is 28.6 Å². The number of unbranched alkanes of at least 4 members (excludes halogenated alkanes) is 21. The number of ether oxygens (including phenoxy) is 3. The molecule has 1 unspecified atom stereocenters. The molecule has 0 heterocycles. The summed E-state index contributed by atoms with van der Waals surface area (Å²) in [7, 11) is 0. The Hall–Kier alpha value is -3.41. The molecular formula is C57H96O6. The molecule has 0 fully saturated rings. The number of carbonyl (C=O) groups excluding carboxylic acids is 3. The van der Waals surface area contributed by atoms with Gasteiger partial charge in [0.1, 0.15) is 13.2 Å². The minimum atomic E-state index is -0.820. The van der Waals surface area contributed by atoms with E-state index in [4.69, 9.17) is 14.2 Å². The van der Waals surface area contributed by atoms with Gasteiger partial charge >= 0.3 is 17.9 Å². The number of esters is 3. The molecule has 0 aromatic heterocycles. The van der Waals surface area contributed by atoms with Crippen molar-refractivity contribution in [2.45, 2.75) is 245 Å². The van der Waals surface area contributed by atoms with E-state index < -0.39 is 12.1 Å². The highest BCUT2D eigenvalue weighted by Crippen LogP contribution is 2.14. The third kappa shape index (κ3) is 49.5. The van der Waals surface area contributed by atoms with Gasteiger partial charge in [0.05, 0.1) is 0 Å². The van der Waals surface area contributed by atoms with Crippen molar-refractivity contribution >= 4 is 17.9 Å². The van der Waals surface area contributed by atoms with Crippen LogP contribution >= 0.6 is 0 Å². The highest BCUT2D eigenvalue weighted by atomic mass is 16.6. The molecule has 0 N–H and O–H groups in total. The van der Waals surface area contributed by atoms with Crippen molar-refractivity contribution in [3.63, 3.8) is 0 Å². The van der Waals surface area contributed by atoms with Gasteiger partial charge in [-0.2, -0.15) is 0 Å². The van der Waals surface area contributed by atoms with Gasteiger partial charge < -0.3 is 14.2 Å². The zero-order chi connectivity index (χ0) is 45.8. The van der Waals surface area contributed by atoms with Gasteiger partial charge in [0, 0.05) is 19.3 Å². The average molecular weight is 877 g/mol. The molecule has 63 heavy (non-hydrogen) atoms. The summed E-state index contributed by atoms with van der Waals surface area (Å²) in [5, 5.41) is 0. The molecule has 0 aliphatic carbocycles. The van der Waals surface area contributed by atoms with Crippen LogP contribution in [0.15, 0.2) is 85.1 Å².